The number of carboxylic acid groups (broad SMARTS) is 1. The molecule has 0 heterocycles. The summed E-state index contributed by atoms with van der Waals surface area (Å²) in [6.07, 6.45) is 0.660. The van der Waals surface area contributed by atoms with Gasteiger partial charge in [-0.3, -0.25) is 9.69 Å². The van der Waals surface area contributed by atoms with Crippen molar-refractivity contribution in [3.63, 3.8) is 0 Å². The number of aliphatic carboxylic acids is 1. The fourth-order valence-electron chi connectivity index (χ4n) is 3.39. The molecule has 0 aliphatic rings. The molecule has 3 aromatic carbocycles. The van der Waals surface area contributed by atoms with Crippen LogP contribution in [0.4, 0.5) is 0 Å². The minimum atomic E-state index is -0.810. The molecule has 0 bridgehead atoms. The lowest BCUT2D eigenvalue weighted by Crippen LogP contribution is -2.37. The molecule has 4 heteroatoms. The van der Waals surface area contributed by atoms with Crippen LogP contribution in [0.1, 0.15) is 23.1 Å². The van der Waals surface area contributed by atoms with Gasteiger partial charge < -0.3 is 10.2 Å². The van der Waals surface area contributed by atoms with E-state index in [4.69, 9.17) is 0 Å². The Morgan fingerprint density at radius 3 is 1.71 bits per heavy atom. The Morgan fingerprint density at radius 1 is 0.750 bits per heavy atom. The van der Waals surface area contributed by atoms with Crippen molar-refractivity contribution < 1.29 is 15.0 Å². The van der Waals surface area contributed by atoms with E-state index in [1.807, 2.05) is 48.5 Å². The van der Waals surface area contributed by atoms with E-state index in [0.717, 1.165) is 16.7 Å². The highest BCUT2D eigenvalue weighted by Gasteiger charge is 2.22. The number of rotatable bonds is 9. The topological polar surface area (TPSA) is 60.8 Å². The molecule has 1 atom stereocenters. The SMILES string of the molecule is O=C(O)C[C@H](Cc1ccc(O)cc1)N(Cc1ccccc1)Cc1ccccc1. The Morgan fingerprint density at radius 2 is 1.25 bits per heavy atom. The highest BCUT2D eigenvalue weighted by molar-refractivity contribution is 5.67. The van der Waals surface area contributed by atoms with Crippen molar-refractivity contribution in [3.8, 4) is 5.75 Å². The Balaban J connectivity index is 1.87. The van der Waals surface area contributed by atoms with E-state index in [1.54, 1.807) is 12.1 Å². The summed E-state index contributed by atoms with van der Waals surface area (Å²) in [5.41, 5.74) is 3.31. The smallest absolute Gasteiger partial charge is 0.304 e. The van der Waals surface area contributed by atoms with Crippen molar-refractivity contribution in [2.75, 3.05) is 0 Å². The monoisotopic (exact) mass is 375 g/mol. The largest absolute Gasteiger partial charge is 0.508 e. The van der Waals surface area contributed by atoms with Crippen LogP contribution in [0.5, 0.6) is 5.75 Å². The van der Waals surface area contributed by atoms with Gasteiger partial charge in [-0.2, -0.15) is 0 Å². The number of hydrogen-bond donors (Lipinski definition) is 2. The molecule has 0 fully saturated rings. The van der Waals surface area contributed by atoms with Crippen LogP contribution in [0, 0.1) is 0 Å². The lowest BCUT2D eigenvalue weighted by atomic mass is 10.00. The molecule has 0 amide bonds. The summed E-state index contributed by atoms with van der Waals surface area (Å²) in [5, 5.41) is 19.1. The van der Waals surface area contributed by atoms with Crippen molar-refractivity contribution >= 4 is 5.97 Å². The second-order valence-electron chi connectivity index (χ2n) is 7.00. The molecule has 0 saturated carbocycles. The number of phenols is 1. The number of phenolic OH excluding ortho intramolecular Hbond substituents is 1. The Bertz CT molecular complexity index is 822. The average molecular weight is 375 g/mol. The quantitative estimate of drug-likeness (QED) is 0.579. The zero-order valence-electron chi connectivity index (χ0n) is 15.7. The van der Waals surface area contributed by atoms with Crippen LogP contribution in [0.2, 0.25) is 0 Å². The minimum Gasteiger partial charge on any atom is -0.508 e. The molecular formula is C24H25NO3. The third-order valence-corrected chi connectivity index (χ3v) is 4.79. The first kappa shape index (κ1) is 19.6. The van der Waals surface area contributed by atoms with Crippen molar-refractivity contribution in [2.45, 2.75) is 32.0 Å². The number of nitrogens with zero attached hydrogens (tertiary/aromatic N) is 1. The van der Waals surface area contributed by atoms with Gasteiger partial charge in [-0.15, -0.1) is 0 Å². The first-order chi connectivity index (χ1) is 13.6. The van der Waals surface area contributed by atoms with Crippen molar-refractivity contribution in [2.24, 2.45) is 0 Å². The van der Waals surface area contributed by atoms with Crippen LogP contribution >= 0.6 is 0 Å². The molecule has 3 aromatic rings. The van der Waals surface area contributed by atoms with Gasteiger partial charge in [0, 0.05) is 19.1 Å². The first-order valence-electron chi connectivity index (χ1n) is 9.42. The van der Waals surface area contributed by atoms with Crippen LogP contribution in [-0.2, 0) is 24.3 Å². The van der Waals surface area contributed by atoms with E-state index < -0.39 is 5.97 Å². The van der Waals surface area contributed by atoms with Gasteiger partial charge in [0.05, 0.1) is 6.42 Å². The predicted molar refractivity (Wildman–Crippen MR) is 110 cm³/mol. The molecule has 0 aliphatic carbocycles. The third kappa shape index (κ3) is 5.96. The first-order valence-corrected chi connectivity index (χ1v) is 9.42. The molecule has 0 aromatic heterocycles. The van der Waals surface area contributed by atoms with Gasteiger partial charge in [0.2, 0.25) is 0 Å². The van der Waals surface area contributed by atoms with Gasteiger partial charge >= 0.3 is 5.97 Å². The van der Waals surface area contributed by atoms with Gasteiger partial charge in [0.25, 0.3) is 0 Å². The highest BCUT2D eigenvalue weighted by atomic mass is 16.4. The summed E-state index contributed by atoms with van der Waals surface area (Å²) in [5.74, 6) is -0.598. The van der Waals surface area contributed by atoms with E-state index in [1.165, 1.54) is 0 Å². The maximum absolute atomic E-state index is 11.6. The summed E-state index contributed by atoms with van der Waals surface area (Å²) in [4.78, 5) is 13.8. The number of aromatic hydroxyl groups is 1. The normalized spacial score (nSPS) is 12.0. The van der Waals surface area contributed by atoms with Crippen LogP contribution in [-0.4, -0.2) is 27.1 Å². The molecule has 0 spiro atoms. The lowest BCUT2D eigenvalue weighted by molar-refractivity contribution is -0.138. The van der Waals surface area contributed by atoms with E-state index in [2.05, 4.69) is 29.2 Å². The molecule has 4 nitrogen and oxygen atoms in total. The highest BCUT2D eigenvalue weighted by Crippen LogP contribution is 2.20. The fourth-order valence-corrected chi connectivity index (χ4v) is 3.39. The zero-order chi connectivity index (χ0) is 19.8. The second kappa shape index (κ2) is 9.72. The van der Waals surface area contributed by atoms with Crippen molar-refractivity contribution in [1.82, 2.24) is 4.90 Å². The third-order valence-electron chi connectivity index (χ3n) is 4.79. The van der Waals surface area contributed by atoms with Crippen molar-refractivity contribution in [3.05, 3.63) is 102 Å². The molecule has 3 rings (SSSR count). The standard InChI is InChI=1S/C24H25NO3/c26-23-13-11-19(12-14-23)15-22(16-24(27)28)25(17-20-7-3-1-4-8-20)18-21-9-5-2-6-10-21/h1-14,22,26H,15-18H2,(H,27,28)/t22-/m0/s1. The van der Waals surface area contributed by atoms with Gasteiger partial charge in [0.1, 0.15) is 5.75 Å². The number of hydrogen-bond acceptors (Lipinski definition) is 3. The summed E-state index contributed by atoms with van der Waals surface area (Å²) >= 11 is 0. The Labute approximate surface area is 165 Å². The van der Waals surface area contributed by atoms with Gasteiger partial charge in [0.15, 0.2) is 0 Å². The summed E-state index contributed by atoms with van der Waals surface area (Å²) in [6.45, 7) is 1.34. The maximum atomic E-state index is 11.6. The second-order valence-corrected chi connectivity index (χ2v) is 7.00. The van der Waals surface area contributed by atoms with Crippen LogP contribution < -0.4 is 0 Å². The summed E-state index contributed by atoms with van der Waals surface area (Å²) < 4.78 is 0. The predicted octanol–water partition coefficient (Wildman–Crippen LogP) is 4.48. The Kier molecular flexibility index (Phi) is 6.82. The average Bonchev–Trinajstić information content (AvgIpc) is 2.70. The van der Waals surface area contributed by atoms with E-state index in [9.17, 15) is 15.0 Å². The number of benzene rings is 3. The molecule has 0 unspecified atom stereocenters. The molecule has 0 radical (unpaired) electrons. The Hall–Kier alpha value is -3.11. The molecule has 28 heavy (non-hydrogen) atoms. The molecule has 2 N–H and O–H groups in total. The van der Waals surface area contributed by atoms with Crippen LogP contribution in [0.25, 0.3) is 0 Å². The van der Waals surface area contributed by atoms with Crippen molar-refractivity contribution in [1.29, 1.82) is 0 Å². The van der Waals surface area contributed by atoms with Gasteiger partial charge in [-0.25, -0.2) is 0 Å². The number of carboxylic acids is 1. The van der Waals surface area contributed by atoms with Crippen LogP contribution in [0.15, 0.2) is 84.9 Å². The number of carbonyl (C=O) groups is 1. The minimum absolute atomic E-state index is 0.0561. The van der Waals surface area contributed by atoms with Crippen LogP contribution in [0.3, 0.4) is 0 Å². The lowest BCUT2D eigenvalue weighted by Gasteiger charge is -2.31. The van der Waals surface area contributed by atoms with Gasteiger partial charge in [-0.1, -0.05) is 72.8 Å². The van der Waals surface area contributed by atoms with E-state index >= 15 is 0 Å². The van der Waals surface area contributed by atoms with E-state index in [0.29, 0.717) is 19.5 Å². The molecule has 0 saturated heterocycles. The fraction of sp³-hybridized carbons (Fsp3) is 0.208. The van der Waals surface area contributed by atoms with E-state index in [-0.39, 0.29) is 18.2 Å². The maximum Gasteiger partial charge on any atom is 0.304 e. The summed E-state index contributed by atoms with van der Waals surface area (Å²) in [6, 6.07) is 27.1. The van der Waals surface area contributed by atoms with Gasteiger partial charge in [-0.05, 0) is 35.2 Å². The molecule has 144 valence electrons. The summed E-state index contributed by atoms with van der Waals surface area (Å²) in [7, 11) is 0. The molecular weight excluding hydrogens is 350 g/mol. The molecule has 0 aliphatic heterocycles. The zero-order valence-corrected chi connectivity index (χ0v) is 15.7.